The lowest BCUT2D eigenvalue weighted by Crippen LogP contribution is -2.04. The van der Waals surface area contributed by atoms with Crippen LogP contribution in [0, 0.1) is 0 Å². The average Bonchev–Trinajstić information content (AvgIpc) is 2.38. The first kappa shape index (κ1) is 13.7. The summed E-state index contributed by atoms with van der Waals surface area (Å²) < 4.78 is 42.5. The number of aromatic nitrogens is 1. The first-order chi connectivity index (χ1) is 8.99. The van der Waals surface area contributed by atoms with Crippen LogP contribution in [0.5, 0.6) is 11.6 Å². The summed E-state index contributed by atoms with van der Waals surface area (Å²) in [7, 11) is 0. The molecule has 0 unspecified atom stereocenters. The fourth-order valence-corrected chi connectivity index (χ4v) is 1.59. The number of halogens is 4. The summed E-state index contributed by atoms with van der Waals surface area (Å²) in [6.45, 7) is 0. The summed E-state index contributed by atoms with van der Waals surface area (Å²) in [6, 6.07) is 7.77. The quantitative estimate of drug-likeness (QED) is 0.768. The maximum atomic E-state index is 12.4. The van der Waals surface area contributed by atoms with E-state index in [1.165, 1.54) is 18.3 Å². The van der Waals surface area contributed by atoms with Gasteiger partial charge in [-0.1, -0.05) is 0 Å². The summed E-state index contributed by atoms with van der Waals surface area (Å²) in [5, 5.41) is 0. The molecule has 0 radical (unpaired) electrons. The minimum absolute atomic E-state index is 0.284. The van der Waals surface area contributed by atoms with Crippen molar-refractivity contribution in [3.8, 4) is 11.6 Å². The number of alkyl halides is 4. The van der Waals surface area contributed by atoms with Gasteiger partial charge in [-0.05, 0) is 35.9 Å². The van der Waals surface area contributed by atoms with Crippen molar-refractivity contribution >= 4 is 11.6 Å². The number of ether oxygens (including phenoxy) is 1. The lowest BCUT2D eigenvalue weighted by Gasteiger charge is -2.08. The number of hydrogen-bond donors (Lipinski definition) is 0. The fourth-order valence-electron chi connectivity index (χ4n) is 1.42. The van der Waals surface area contributed by atoms with Crippen LogP contribution in [0.15, 0.2) is 42.6 Å². The monoisotopic (exact) mass is 287 g/mol. The van der Waals surface area contributed by atoms with E-state index in [1.54, 1.807) is 12.1 Å². The molecule has 2 aromatic rings. The van der Waals surface area contributed by atoms with Gasteiger partial charge in [0, 0.05) is 18.1 Å². The van der Waals surface area contributed by atoms with E-state index in [4.69, 9.17) is 16.3 Å². The van der Waals surface area contributed by atoms with Crippen LogP contribution >= 0.6 is 11.6 Å². The van der Waals surface area contributed by atoms with E-state index in [2.05, 4.69) is 4.98 Å². The molecule has 6 heteroatoms. The average molecular weight is 288 g/mol. The first-order valence-corrected chi connectivity index (χ1v) is 5.88. The minimum atomic E-state index is -4.35. The van der Waals surface area contributed by atoms with Crippen LogP contribution in [0.2, 0.25) is 0 Å². The Balaban J connectivity index is 2.15. The predicted molar refractivity (Wildman–Crippen MR) is 65.3 cm³/mol. The zero-order valence-corrected chi connectivity index (χ0v) is 10.4. The standard InChI is InChI=1S/C13H9ClF3NO/c14-8-9-5-6-18-12(7-9)19-11-3-1-10(2-4-11)13(15,16)17/h1-7H,8H2. The van der Waals surface area contributed by atoms with Crippen molar-refractivity contribution in [1.29, 1.82) is 0 Å². The number of nitrogens with zero attached hydrogens (tertiary/aromatic N) is 1. The molecule has 0 bridgehead atoms. The molecule has 1 aromatic carbocycles. The van der Waals surface area contributed by atoms with Crippen molar-refractivity contribution < 1.29 is 17.9 Å². The minimum Gasteiger partial charge on any atom is -0.439 e. The molecule has 0 amide bonds. The largest absolute Gasteiger partial charge is 0.439 e. The molecule has 0 saturated heterocycles. The molecule has 0 atom stereocenters. The van der Waals surface area contributed by atoms with Crippen LogP contribution in [0.3, 0.4) is 0 Å². The smallest absolute Gasteiger partial charge is 0.416 e. The molecule has 1 aromatic heterocycles. The third-order valence-corrected chi connectivity index (χ3v) is 2.67. The van der Waals surface area contributed by atoms with Crippen LogP contribution in [0.4, 0.5) is 13.2 Å². The van der Waals surface area contributed by atoms with Crippen molar-refractivity contribution in [1.82, 2.24) is 4.98 Å². The maximum absolute atomic E-state index is 12.4. The molecular formula is C13H9ClF3NO. The van der Waals surface area contributed by atoms with Gasteiger partial charge >= 0.3 is 6.18 Å². The van der Waals surface area contributed by atoms with E-state index in [0.717, 1.165) is 17.7 Å². The van der Waals surface area contributed by atoms with Gasteiger partial charge in [-0.25, -0.2) is 4.98 Å². The predicted octanol–water partition coefficient (Wildman–Crippen LogP) is 4.63. The van der Waals surface area contributed by atoms with Crippen molar-refractivity contribution in [2.45, 2.75) is 12.1 Å². The summed E-state index contributed by atoms with van der Waals surface area (Å²) in [5.74, 6) is 0.886. The molecule has 0 aliphatic carbocycles. The van der Waals surface area contributed by atoms with E-state index < -0.39 is 11.7 Å². The van der Waals surface area contributed by atoms with E-state index in [0.29, 0.717) is 5.88 Å². The van der Waals surface area contributed by atoms with Crippen LogP contribution in [-0.4, -0.2) is 4.98 Å². The van der Waals surface area contributed by atoms with E-state index >= 15 is 0 Å². The van der Waals surface area contributed by atoms with Gasteiger partial charge in [-0.2, -0.15) is 13.2 Å². The normalized spacial score (nSPS) is 11.4. The van der Waals surface area contributed by atoms with Crippen LogP contribution in [-0.2, 0) is 12.1 Å². The summed E-state index contributed by atoms with van der Waals surface area (Å²) in [5.41, 5.74) is 0.0981. The van der Waals surface area contributed by atoms with Crippen LogP contribution in [0.1, 0.15) is 11.1 Å². The van der Waals surface area contributed by atoms with Gasteiger partial charge in [0.1, 0.15) is 5.75 Å². The second kappa shape index (κ2) is 5.48. The molecule has 0 aliphatic rings. The first-order valence-electron chi connectivity index (χ1n) is 5.35. The van der Waals surface area contributed by atoms with E-state index in [9.17, 15) is 13.2 Å². The van der Waals surface area contributed by atoms with E-state index in [1.807, 2.05) is 0 Å². The highest BCUT2D eigenvalue weighted by Crippen LogP contribution is 2.31. The number of pyridine rings is 1. The molecule has 0 N–H and O–H groups in total. The van der Waals surface area contributed by atoms with Gasteiger partial charge in [0.25, 0.3) is 0 Å². The van der Waals surface area contributed by atoms with Gasteiger partial charge < -0.3 is 4.74 Å². The molecular weight excluding hydrogens is 279 g/mol. The molecule has 0 saturated carbocycles. The SMILES string of the molecule is FC(F)(F)c1ccc(Oc2cc(CCl)ccn2)cc1. The Morgan fingerprint density at radius 1 is 1.11 bits per heavy atom. The molecule has 2 rings (SSSR count). The zero-order chi connectivity index (χ0) is 13.9. The highest BCUT2D eigenvalue weighted by Gasteiger charge is 2.30. The highest BCUT2D eigenvalue weighted by molar-refractivity contribution is 6.17. The second-order valence-electron chi connectivity index (χ2n) is 3.76. The molecule has 100 valence electrons. The van der Waals surface area contributed by atoms with Crippen LogP contribution < -0.4 is 4.74 Å². The molecule has 0 aliphatic heterocycles. The topological polar surface area (TPSA) is 22.1 Å². The molecule has 19 heavy (non-hydrogen) atoms. The second-order valence-corrected chi connectivity index (χ2v) is 4.03. The molecule has 0 spiro atoms. The number of rotatable bonds is 3. The Labute approximate surface area is 112 Å². The lowest BCUT2D eigenvalue weighted by molar-refractivity contribution is -0.137. The summed E-state index contributed by atoms with van der Waals surface area (Å²) in [6.07, 6.45) is -2.83. The summed E-state index contributed by atoms with van der Waals surface area (Å²) >= 11 is 5.66. The van der Waals surface area contributed by atoms with Gasteiger partial charge in [-0.3, -0.25) is 0 Å². The van der Waals surface area contributed by atoms with Gasteiger partial charge in [-0.15, -0.1) is 11.6 Å². The Hall–Kier alpha value is -1.75. The highest BCUT2D eigenvalue weighted by atomic mass is 35.5. The Bertz CT molecular complexity index is 555. The molecule has 2 nitrogen and oxygen atoms in total. The third kappa shape index (κ3) is 3.61. The van der Waals surface area contributed by atoms with Crippen molar-refractivity contribution in [2.24, 2.45) is 0 Å². The van der Waals surface area contributed by atoms with Crippen molar-refractivity contribution in [3.63, 3.8) is 0 Å². The number of benzene rings is 1. The van der Waals surface area contributed by atoms with E-state index in [-0.39, 0.29) is 11.6 Å². The number of hydrogen-bond acceptors (Lipinski definition) is 2. The molecule has 1 heterocycles. The lowest BCUT2D eigenvalue weighted by atomic mass is 10.2. The van der Waals surface area contributed by atoms with Gasteiger partial charge in [0.2, 0.25) is 5.88 Å². The molecule has 0 fully saturated rings. The van der Waals surface area contributed by atoms with Gasteiger partial charge in [0.05, 0.1) is 5.56 Å². The Morgan fingerprint density at radius 3 is 2.37 bits per heavy atom. The zero-order valence-electron chi connectivity index (χ0n) is 9.62. The van der Waals surface area contributed by atoms with Crippen molar-refractivity contribution in [2.75, 3.05) is 0 Å². The fraction of sp³-hybridized carbons (Fsp3) is 0.154. The van der Waals surface area contributed by atoms with Crippen molar-refractivity contribution in [3.05, 3.63) is 53.7 Å². The third-order valence-electron chi connectivity index (χ3n) is 2.36. The Kier molecular flexibility index (Phi) is 3.95. The summed E-state index contributed by atoms with van der Waals surface area (Å²) in [4.78, 5) is 3.95. The van der Waals surface area contributed by atoms with Gasteiger partial charge in [0.15, 0.2) is 0 Å². The Morgan fingerprint density at radius 2 is 1.79 bits per heavy atom. The van der Waals surface area contributed by atoms with Crippen LogP contribution in [0.25, 0.3) is 0 Å². The maximum Gasteiger partial charge on any atom is 0.416 e.